The van der Waals surface area contributed by atoms with Gasteiger partial charge in [0, 0.05) is 24.2 Å². The molecule has 2 atom stereocenters. The van der Waals surface area contributed by atoms with Crippen LogP contribution in [0, 0.1) is 17.7 Å². The van der Waals surface area contributed by atoms with Crippen molar-refractivity contribution in [2.75, 3.05) is 13.1 Å². The molecule has 1 saturated heterocycles. The minimum absolute atomic E-state index is 0.0144. The summed E-state index contributed by atoms with van der Waals surface area (Å²) in [5, 5.41) is 3.15. The van der Waals surface area contributed by atoms with E-state index in [9.17, 15) is 9.18 Å². The van der Waals surface area contributed by atoms with E-state index in [0.29, 0.717) is 18.0 Å². The van der Waals surface area contributed by atoms with E-state index in [1.807, 2.05) is 6.92 Å². The van der Waals surface area contributed by atoms with Crippen LogP contribution in [0.4, 0.5) is 4.39 Å². The normalized spacial score (nSPS) is 25.5. The fraction of sp³-hybridized carbons (Fsp3) is 0.455. The van der Waals surface area contributed by atoms with Crippen LogP contribution in [0.15, 0.2) is 18.5 Å². The first-order chi connectivity index (χ1) is 7.18. The lowest BCUT2D eigenvalue weighted by atomic mass is 9.90. The third-order valence-corrected chi connectivity index (χ3v) is 2.84. The molecule has 0 aromatic carbocycles. The van der Waals surface area contributed by atoms with Crippen LogP contribution >= 0.6 is 0 Å². The van der Waals surface area contributed by atoms with Crippen LogP contribution in [-0.4, -0.2) is 23.9 Å². The second-order valence-corrected chi connectivity index (χ2v) is 4.00. The van der Waals surface area contributed by atoms with Gasteiger partial charge in [0.1, 0.15) is 5.82 Å². The van der Waals surface area contributed by atoms with Gasteiger partial charge in [0.05, 0.1) is 6.20 Å². The van der Waals surface area contributed by atoms with Crippen LogP contribution in [0.25, 0.3) is 0 Å². The van der Waals surface area contributed by atoms with E-state index in [1.165, 1.54) is 12.3 Å². The fourth-order valence-corrected chi connectivity index (χ4v) is 1.92. The van der Waals surface area contributed by atoms with Crippen molar-refractivity contribution in [1.29, 1.82) is 0 Å². The van der Waals surface area contributed by atoms with E-state index in [-0.39, 0.29) is 11.7 Å². The molecule has 0 bridgehead atoms. The molecule has 1 fully saturated rings. The summed E-state index contributed by atoms with van der Waals surface area (Å²) in [6.07, 6.45) is 2.53. The fourth-order valence-electron chi connectivity index (χ4n) is 1.92. The van der Waals surface area contributed by atoms with Crippen molar-refractivity contribution in [1.82, 2.24) is 10.3 Å². The van der Waals surface area contributed by atoms with E-state index in [4.69, 9.17) is 0 Å². The molecule has 2 heterocycles. The average molecular weight is 208 g/mol. The number of hydrogen-bond donors (Lipinski definition) is 1. The minimum atomic E-state index is -0.459. The number of rotatable bonds is 2. The van der Waals surface area contributed by atoms with Gasteiger partial charge in [0.15, 0.2) is 5.78 Å². The van der Waals surface area contributed by atoms with Gasteiger partial charge in [-0.25, -0.2) is 4.39 Å². The van der Waals surface area contributed by atoms with Gasteiger partial charge in [-0.1, -0.05) is 6.92 Å². The van der Waals surface area contributed by atoms with Crippen molar-refractivity contribution in [2.45, 2.75) is 6.92 Å². The number of hydrogen-bond acceptors (Lipinski definition) is 3. The summed E-state index contributed by atoms with van der Waals surface area (Å²) < 4.78 is 12.9. The van der Waals surface area contributed by atoms with Gasteiger partial charge >= 0.3 is 0 Å². The maximum Gasteiger partial charge on any atom is 0.169 e. The number of aromatic nitrogens is 1. The standard InChI is InChI=1S/C11H13FN2O/c1-7-3-13-6-10(7)11(15)8-2-9(12)5-14-4-8/h2,4-5,7,10,13H,3,6H2,1H3. The molecule has 2 unspecified atom stereocenters. The summed E-state index contributed by atoms with van der Waals surface area (Å²) >= 11 is 0. The van der Waals surface area contributed by atoms with E-state index >= 15 is 0 Å². The molecule has 0 spiro atoms. The Bertz CT molecular complexity index is 381. The van der Waals surface area contributed by atoms with Gasteiger partial charge in [0.25, 0.3) is 0 Å². The number of pyridine rings is 1. The lowest BCUT2D eigenvalue weighted by Crippen LogP contribution is -2.21. The SMILES string of the molecule is CC1CNCC1C(=O)c1cncc(F)c1. The predicted molar refractivity (Wildman–Crippen MR) is 54.0 cm³/mol. The van der Waals surface area contributed by atoms with Gasteiger partial charge in [-0.05, 0) is 18.5 Å². The minimum Gasteiger partial charge on any atom is -0.316 e. The number of carbonyl (C=O) groups excluding carboxylic acids is 1. The zero-order valence-corrected chi connectivity index (χ0v) is 8.53. The largest absolute Gasteiger partial charge is 0.316 e. The van der Waals surface area contributed by atoms with Crippen molar-refractivity contribution in [3.05, 3.63) is 29.8 Å². The number of halogens is 1. The van der Waals surface area contributed by atoms with E-state index in [2.05, 4.69) is 10.3 Å². The predicted octanol–water partition coefficient (Wildman–Crippen LogP) is 1.26. The molecule has 0 amide bonds. The van der Waals surface area contributed by atoms with E-state index in [0.717, 1.165) is 12.7 Å². The Labute approximate surface area is 87.7 Å². The zero-order chi connectivity index (χ0) is 10.8. The van der Waals surface area contributed by atoms with Gasteiger partial charge in [-0.3, -0.25) is 9.78 Å². The van der Waals surface area contributed by atoms with Gasteiger partial charge in [-0.2, -0.15) is 0 Å². The second kappa shape index (κ2) is 4.06. The smallest absolute Gasteiger partial charge is 0.169 e. The van der Waals surface area contributed by atoms with Crippen LogP contribution in [0.5, 0.6) is 0 Å². The Morgan fingerprint density at radius 3 is 2.93 bits per heavy atom. The highest BCUT2D eigenvalue weighted by Gasteiger charge is 2.30. The molecule has 0 aliphatic carbocycles. The topological polar surface area (TPSA) is 42.0 Å². The highest BCUT2D eigenvalue weighted by Crippen LogP contribution is 2.20. The number of nitrogens with zero attached hydrogens (tertiary/aromatic N) is 1. The molecule has 4 heteroatoms. The molecule has 15 heavy (non-hydrogen) atoms. The number of ketones is 1. The molecule has 0 saturated carbocycles. The summed E-state index contributed by atoms with van der Waals surface area (Å²) in [6.45, 7) is 3.55. The maximum atomic E-state index is 12.9. The highest BCUT2D eigenvalue weighted by molar-refractivity contribution is 5.98. The highest BCUT2D eigenvalue weighted by atomic mass is 19.1. The lowest BCUT2D eigenvalue weighted by Gasteiger charge is -2.12. The third-order valence-electron chi connectivity index (χ3n) is 2.84. The van der Waals surface area contributed by atoms with E-state index < -0.39 is 5.82 Å². The molecule has 1 N–H and O–H groups in total. The van der Waals surface area contributed by atoms with Crippen LogP contribution in [-0.2, 0) is 0 Å². The Kier molecular flexibility index (Phi) is 2.77. The van der Waals surface area contributed by atoms with Crippen LogP contribution in [0.1, 0.15) is 17.3 Å². The summed E-state index contributed by atoms with van der Waals surface area (Å²) in [7, 11) is 0. The number of carbonyl (C=O) groups is 1. The van der Waals surface area contributed by atoms with Gasteiger partial charge in [-0.15, -0.1) is 0 Å². The molecule has 2 rings (SSSR count). The molecule has 3 nitrogen and oxygen atoms in total. The summed E-state index contributed by atoms with van der Waals surface area (Å²) in [5.41, 5.74) is 0.371. The lowest BCUT2D eigenvalue weighted by molar-refractivity contribution is 0.0907. The molecular weight excluding hydrogens is 195 g/mol. The van der Waals surface area contributed by atoms with Gasteiger partial charge < -0.3 is 5.32 Å². The summed E-state index contributed by atoms with van der Waals surface area (Å²) in [4.78, 5) is 15.6. The molecule has 1 aromatic heterocycles. The first-order valence-corrected chi connectivity index (χ1v) is 5.04. The number of Topliss-reactive ketones (excluding diaryl/α,β-unsaturated/α-hetero) is 1. The maximum absolute atomic E-state index is 12.9. The van der Waals surface area contributed by atoms with Crippen LogP contribution in [0.3, 0.4) is 0 Å². The monoisotopic (exact) mass is 208 g/mol. The average Bonchev–Trinajstić information content (AvgIpc) is 2.63. The Balaban J connectivity index is 2.20. The van der Waals surface area contributed by atoms with Crippen LogP contribution in [0.2, 0.25) is 0 Å². The van der Waals surface area contributed by atoms with Crippen molar-refractivity contribution in [3.8, 4) is 0 Å². The Morgan fingerprint density at radius 2 is 2.33 bits per heavy atom. The molecule has 1 aliphatic heterocycles. The van der Waals surface area contributed by atoms with Crippen LogP contribution < -0.4 is 5.32 Å². The summed E-state index contributed by atoms with van der Waals surface area (Å²) in [6, 6.07) is 1.25. The van der Waals surface area contributed by atoms with Crippen molar-refractivity contribution in [3.63, 3.8) is 0 Å². The molecular formula is C11H13FN2O. The van der Waals surface area contributed by atoms with E-state index in [1.54, 1.807) is 0 Å². The number of nitrogens with one attached hydrogen (secondary N) is 1. The Morgan fingerprint density at radius 1 is 1.53 bits per heavy atom. The zero-order valence-electron chi connectivity index (χ0n) is 8.53. The first-order valence-electron chi connectivity index (χ1n) is 5.04. The molecule has 1 aromatic rings. The quantitative estimate of drug-likeness (QED) is 0.744. The second-order valence-electron chi connectivity index (χ2n) is 4.00. The van der Waals surface area contributed by atoms with Crippen molar-refractivity contribution >= 4 is 5.78 Å². The summed E-state index contributed by atoms with van der Waals surface area (Å²) in [5.74, 6) is -0.215. The molecule has 0 radical (unpaired) electrons. The third kappa shape index (κ3) is 2.04. The van der Waals surface area contributed by atoms with Gasteiger partial charge in [0.2, 0.25) is 0 Å². The Hall–Kier alpha value is -1.29. The van der Waals surface area contributed by atoms with Crippen molar-refractivity contribution in [2.24, 2.45) is 11.8 Å². The molecule has 1 aliphatic rings. The van der Waals surface area contributed by atoms with Crippen molar-refractivity contribution < 1.29 is 9.18 Å². The molecule has 80 valence electrons. The first kappa shape index (κ1) is 10.2.